The number of hydrogen-bond acceptors (Lipinski definition) is 14. The number of amides is 8. The van der Waals surface area contributed by atoms with Crippen LogP contribution in [0.5, 0.6) is 0 Å². The largest absolute Gasteiger partial charge is 0.380 e. The first-order valence-corrected chi connectivity index (χ1v) is 24.4. The maximum Gasteiger partial charge on any atom is 0.246 e. The second kappa shape index (κ2) is 47.6. The Kier molecular flexibility index (Phi) is 45.9. The molecule has 3 atom stereocenters. The average Bonchev–Trinajstić information content (AvgIpc) is 3.30. The van der Waals surface area contributed by atoms with Gasteiger partial charge in [-0.25, -0.2) is 0 Å². The minimum absolute atomic E-state index is 0.00998. The Balaban J connectivity index is 0. The number of primary amides is 2. The van der Waals surface area contributed by atoms with Gasteiger partial charge >= 0.3 is 0 Å². The topological polar surface area (TPSA) is 316 Å². The standard InChI is InChI=1S/C35H65N7O10.C11H23NO4/c1-4-50-24-31(45)39-19-10-7-14-28(34(37)48)42-35(49)27(3)13-6-9-17-38-29(43)15-11-16-30(44)41-20-21-51-22-23-52-25-32(46)40-18-8-5-12-26(2)33(36)47;1-3-6-15-8-9-16-10-11(13)12-5-7-14-4-2/h26-28H,4-25H2,1-3H3,(H2,36,47)(H2,37,48)(H,38,43)(H,39,45)(H,40,46)(H,41,44)(H,42,49);3-10H2,1-2H3,(H,12,13)/t26-,27-,28-;/m0./s1. The van der Waals surface area contributed by atoms with Crippen LogP contribution >= 0.6 is 0 Å². The molecule has 0 spiro atoms. The smallest absolute Gasteiger partial charge is 0.246 e. The van der Waals surface area contributed by atoms with Crippen LogP contribution in [0.25, 0.3) is 0 Å². The molecule has 0 aromatic heterocycles. The van der Waals surface area contributed by atoms with Gasteiger partial charge in [-0.05, 0) is 71.6 Å². The van der Waals surface area contributed by atoms with Gasteiger partial charge in [0.1, 0.15) is 25.9 Å². The van der Waals surface area contributed by atoms with Crippen LogP contribution in [0.2, 0.25) is 0 Å². The van der Waals surface area contributed by atoms with Crippen molar-refractivity contribution in [1.82, 2.24) is 31.9 Å². The Hall–Kier alpha value is -4.48. The lowest BCUT2D eigenvalue weighted by atomic mass is 10.0. The van der Waals surface area contributed by atoms with Crippen molar-refractivity contribution < 1.29 is 66.8 Å². The first-order chi connectivity index (χ1) is 32.7. The zero-order valence-electron chi connectivity index (χ0n) is 41.8. The Labute approximate surface area is 404 Å². The molecule has 0 aromatic carbocycles. The van der Waals surface area contributed by atoms with Crippen LogP contribution in [0.1, 0.15) is 118 Å². The zero-order valence-corrected chi connectivity index (χ0v) is 41.8. The molecule has 22 heteroatoms. The summed E-state index contributed by atoms with van der Waals surface area (Å²) in [4.78, 5) is 94.0. The molecule has 0 aliphatic carbocycles. The number of hydrogen-bond donors (Lipinski definition) is 8. The third kappa shape index (κ3) is 45.3. The molecular formula is C46H88N8O14. The number of unbranched alkanes of at least 4 members (excludes halogenated alkanes) is 3. The Morgan fingerprint density at radius 1 is 0.412 bits per heavy atom. The fourth-order valence-electron chi connectivity index (χ4n) is 5.70. The van der Waals surface area contributed by atoms with Crippen molar-refractivity contribution in [2.45, 2.75) is 124 Å². The van der Waals surface area contributed by atoms with Gasteiger partial charge in [-0.3, -0.25) is 38.4 Å². The van der Waals surface area contributed by atoms with Gasteiger partial charge < -0.3 is 71.8 Å². The van der Waals surface area contributed by atoms with E-state index in [0.717, 1.165) is 25.9 Å². The number of carbonyl (C=O) groups is 8. The van der Waals surface area contributed by atoms with Crippen LogP contribution in [0.4, 0.5) is 0 Å². The summed E-state index contributed by atoms with van der Waals surface area (Å²) in [6.07, 6.45) is 7.64. The molecular weight excluding hydrogens is 889 g/mol. The van der Waals surface area contributed by atoms with E-state index in [0.29, 0.717) is 117 Å². The van der Waals surface area contributed by atoms with E-state index in [1.807, 2.05) is 13.8 Å². The van der Waals surface area contributed by atoms with Crippen molar-refractivity contribution in [2.24, 2.45) is 23.3 Å². The summed E-state index contributed by atoms with van der Waals surface area (Å²) in [5.74, 6) is -2.56. The third-order valence-corrected chi connectivity index (χ3v) is 9.75. The summed E-state index contributed by atoms with van der Waals surface area (Å²) >= 11 is 0. The molecule has 68 heavy (non-hydrogen) atoms. The number of rotatable bonds is 45. The fourth-order valence-corrected chi connectivity index (χ4v) is 5.70. The number of nitrogens with one attached hydrogen (secondary N) is 6. The molecule has 396 valence electrons. The van der Waals surface area contributed by atoms with Crippen LogP contribution in [0.15, 0.2) is 0 Å². The zero-order chi connectivity index (χ0) is 51.0. The predicted octanol–water partition coefficient (Wildman–Crippen LogP) is 0.512. The van der Waals surface area contributed by atoms with Gasteiger partial charge in [-0.15, -0.1) is 0 Å². The quantitative estimate of drug-likeness (QED) is 0.0386. The molecule has 0 saturated carbocycles. The van der Waals surface area contributed by atoms with Crippen LogP contribution in [-0.2, 0) is 66.8 Å². The van der Waals surface area contributed by atoms with Crippen LogP contribution in [-0.4, -0.2) is 165 Å². The first kappa shape index (κ1) is 65.6. The molecule has 0 aliphatic heterocycles. The summed E-state index contributed by atoms with van der Waals surface area (Å²) in [6, 6.07) is -0.782. The molecule has 8 amide bonds. The molecule has 0 aromatic rings. The SMILES string of the molecule is CCCOCCOCC(=O)NCCOCC.CCOCC(=O)NCCCC[C@H](NC(=O)[C@@H](C)CCCCNC(=O)CCCC(=O)NCCOCCOCC(=O)NCCCC[C@H](C)C(N)=O)C(N)=O. The highest BCUT2D eigenvalue weighted by Crippen LogP contribution is 2.10. The second-order valence-corrected chi connectivity index (χ2v) is 15.9. The van der Waals surface area contributed by atoms with Crippen molar-refractivity contribution in [3.05, 3.63) is 0 Å². The molecule has 0 aliphatic rings. The normalized spacial score (nSPS) is 12.1. The van der Waals surface area contributed by atoms with Crippen molar-refractivity contribution in [2.75, 3.05) is 112 Å². The number of carbonyl (C=O) groups excluding carboxylic acids is 8. The molecule has 10 N–H and O–H groups in total. The van der Waals surface area contributed by atoms with Crippen molar-refractivity contribution in [3.8, 4) is 0 Å². The van der Waals surface area contributed by atoms with E-state index in [1.54, 1.807) is 20.8 Å². The summed E-state index contributed by atoms with van der Waals surface area (Å²) in [5.41, 5.74) is 10.7. The molecule has 0 radical (unpaired) electrons. The molecule has 0 saturated heterocycles. The van der Waals surface area contributed by atoms with Crippen molar-refractivity contribution >= 4 is 47.3 Å². The van der Waals surface area contributed by atoms with E-state index in [2.05, 4.69) is 31.9 Å². The van der Waals surface area contributed by atoms with E-state index >= 15 is 0 Å². The highest BCUT2D eigenvalue weighted by molar-refractivity contribution is 5.87. The minimum atomic E-state index is -0.782. The summed E-state index contributed by atoms with van der Waals surface area (Å²) in [7, 11) is 0. The average molecular weight is 977 g/mol. The molecule has 0 rings (SSSR count). The minimum Gasteiger partial charge on any atom is -0.380 e. The highest BCUT2D eigenvalue weighted by atomic mass is 16.5. The van der Waals surface area contributed by atoms with Crippen LogP contribution in [0, 0.1) is 11.8 Å². The van der Waals surface area contributed by atoms with E-state index < -0.39 is 11.9 Å². The van der Waals surface area contributed by atoms with Crippen molar-refractivity contribution in [1.29, 1.82) is 0 Å². The Bertz CT molecular complexity index is 1360. The fraction of sp³-hybridized carbons (Fsp3) is 0.826. The van der Waals surface area contributed by atoms with E-state index in [-0.39, 0.29) is 106 Å². The van der Waals surface area contributed by atoms with Gasteiger partial charge in [0, 0.05) is 77.2 Å². The van der Waals surface area contributed by atoms with Crippen LogP contribution < -0.4 is 43.4 Å². The first-order valence-electron chi connectivity index (χ1n) is 24.4. The Morgan fingerprint density at radius 3 is 1.31 bits per heavy atom. The molecule has 0 heterocycles. The number of nitrogens with two attached hydrogens (primary N) is 2. The molecule has 0 bridgehead atoms. The molecule has 0 unspecified atom stereocenters. The lowest BCUT2D eigenvalue weighted by molar-refractivity contribution is -0.129. The van der Waals surface area contributed by atoms with E-state index in [9.17, 15) is 38.4 Å². The van der Waals surface area contributed by atoms with E-state index in [1.165, 1.54) is 0 Å². The van der Waals surface area contributed by atoms with Crippen molar-refractivity contribution in [3.63, 3.8) is 0 Å². The number of ether oxygens (including phenoxy) is 6. The maximum atomic E-state index is 12.6. The van der Waals surface area contributed by atoms with Gasteiger partial charge in [0.15, 0.2) is 0 Å². The summed E-state index contributed by atoms with van der Waals surface area (Å²) in [5, 5.41) is 16.4. The van der Waals surface area contributed by atoms with Gasteiger partial charge in [0.25, 0.3) is 0 Å². The van der Waals surface area contributed by atoms with Gasteiger partial charge in [0.05, 0.1) is 39.6 Å². The third-order valence-electron chi connectivity index (χ3n) is 9.75. The van der Waals surface area contributed by atoms with Gasteiger partial charge in [-0.1, -0.05) is 33.6 Å². The lowest BCUT2D eigenvalue weighted by Crippen LogP contribution is -2.46. The maximum absolute atomic E-state index is 12.6. The monoisotopic (exact) mass is 977 g/mol. The van der Waals surface area contributed by atoms with E-state index in [4.69, 9.17) is 39.9 Å². The predicted molar refractivity (Wildman–Crippen MR) is 256 cm³/mol. The second-order valence-electron chi connectivity index (χ2n) is 15.9. The van der Waals surface area contributed by atoms with Crippen LogP contribution in [0.3, 0.4) is 0 Å². The van der Waals surface area contributed by atoms with Gasteiger partial charge in [0.2, 0.25) is 47.3 Å². The lowest BCUT2D eigenvalue weighted by Gasteiger charge is -2.18. The highest BCUT2D eigenvalue weighted by Gasteiger charge is 2.21. The summed E-state index contributed by atoms with van der Waals surface area (Å²) in [6.45, 7) is 15.8. The summed E-state index contributed by atoms with van der Waals surface area (Å²) < 4.78 is 31.1. The molecule has 0 fully saturated rings. The Morgan fingerprint density at radius 2 is 0.824 bits per heavy atom. The molecule has 22 nitrogen and oxygen atoms in total. The van der Waals surface area contributed by atoms with Gasteiger partial charge in [-0.2, -0.15) is 0 Å².